The van der Waals surface area contributed by atoms with Gasteiger partial charge in [0.15, 0.2) is 5.65 Å². The highest BCUT2D eigenvalue weighted by Crippen LogP contribution is 2.30. The molecule has 2 N–H and O–H groups in total. The van der Waals surface area contributed by atoms with Gasteiger partial charge in [-0.15, -0.1) is 0 Å². The van der Waals surface area contributed by atoms with Crippen molar-refractivity contribution in [2.45, 2.75) is 13.1 Å². The molecule has 0 bridgehead atoms. The number of carbonyl (C=O) groups excluding carboxylic acids is 1. The van der Waals surface area contributed by atoms with E-state index in [0.29, 0.717) is 16.9 Å². The number of halogens is 3. The zero-order valence-corrected chi connectivity index (χ0v) is 20.2. The predicted molar refractivity (Wildman–Crippen MR) is 136 cm³/mol. The third kappa shape index (κ3) is 5.19. The molecule has 5 rings (SSSR count). The third-order valence-electron chi connectivity index (χ3n) is 5.66. The molecule has 0 unspecified atom stereocenters. The van der Waals surface area contributed by atoms with Crippen molar-refractivity contribution < 1.29 is 18.0 Å². The Morgan fingerprint density at radius 2 is 1.84 bits per heavy atom. The number of aryl methyl sites for hydroxylation is 2. The Balaban J connectivity index is 1.39. The van der Waals surface area contributed by atoms with E-state index in [1.54, 1.807) is 52.1 Å². The molecule has 5 aromatic rings. The summed E-state index contributed by atoms with van der Waals surface area (Å²) in [6.45, 7) is 1.85. The number of hydrogen-bond donors (Lipinski definition) is 2. The molecule has 0 fully saturated rings. The summed E-state index contributed by atoms with van der Waals surface area (Å²) in [5.74, 6) is 5.56. The molecule has 8 nitrogen and oxygen atoms in total. The van der Waals surface area contributed by atoms with Gasteiger partial charge in [0.25, 0.3) is 5.91 Å². The second-order valence-electron chi connectivity index (χ2n) is 8.46. The van der Waals surface area contributed by atoms with Gasteiger partial charge in [-0.3, -0.25) is 9.48 Å². The van der Waals surface area contributed by atoms with E-state index in [-0.39, 0.29) is 11.3 Å². The van der Waals surface area contributed by atoms with Crippen LogP contribution in [0, 0.1) is 18.8 Å². The number of rotatable bonds is 4. The summed E-state index contributed by atoms with van der Waals surface area (Å²) in [4.78, 5) is 17.2. The maximum atomic E-state index is 13.0. The van der Waals surface area contributed by atoms with E-state index in [1.807, 2.05) is 20.2 Å². The quantitative estimate of drug-likeness (QED) is 0.322. The first kappa shape index (κ1) is 24.6. The van der Waals surface area contributed by atoms with Crippen molar-refractivity contribution in [1.82, 2.24) is 24.4 Å². The minimum absolute atomic E-state index is 0.0468. The molecular formula is C27H20F3N7O. The number of benzene rings is 2. The Bertz CT molecular complexity index is 1720. The molecule has 0 aliphatic heterocycles. The lowest BCUT2D eigenvalue weighted by atomic mass is 10.0. The fourth-order valence-corrected chi connectivity index (χ4v) is 3.73. The van der Waals surface area contributed by atoms with E-state index >= 15 is 0 Å². The maximum Gasteiger partial charge on any atom is 0.416 e. The van der Waals surface area contributed by atoms with E-state index in [4.69, 9.17) is 0 Å². The molecule has 0 radical (unpaired) electrons. The summed E-state index contributed by atoms with van der Waals surface area (Å²) in [7, 11) is 1.82. The molecule has 11 heteroatoms. The van der Waals surface area contributed by atoms with Crippen LogP contribution in [0.2, 0.25) is 0 Å². The Morgan fingerprint density at radius 1 is 1.00 bits per heavy atom. The number of alkyl halides is 3. The second kappa shape index (κ2) is 9.74. The van der Waals surface area contributed by atoms with Crippen molar-refractivity contribution in [3.63, 3.8) is 0 Å². The topological polar surface area (TPSA) is 89.1 Å². The van der Waals surface area contributed by atoms with Gasteiger partial charge < -0.3 is 10.6 Å². The molecule has 38 heavy (non-hydrogen) atoms. The Kier molecular flexibility index (Phi) is 6.30. The van der Waals surface area contributed by atoms with Gasteiger partial charge in [0, 0.05) is 30.1 Å². The first-order valence-corrected chi connectivity index (χ1v) is 11.4. The summed E-state index contributed by atoms with van der Waals surface area (Å²) in [6.07, 6.45) is 2.25. The van der Waals surface area contributed by atoms with E-state index in [1.165, 1.54) is 12.1 Å². The molecule has 3 heterocycles. The van der Waals surface area contributed by atoms with Crippen LogP contribution >= 0.6 is 0 Å². The van der Waals surface area contributed by atoms with Crippen LogP contribution < -0.4 is 10.6 Å². The second-order valence-corrected chi connectivity index (χ2v) is 8.46. The number of anilines is 3. The normalized spacial score (nSPS) is 11.2. The van der Waals surface area contributed by atoms with Gasteiger partial charge in [0.05, 0.1) is 35.5 Å². The van der Waals surface area contributed by atoms with Crippen molar-refractivity contribution in [2.24, 2.45) is 7.05 Å². The minimum Gasteiger partial charge on any atom is -0.350 e. The summed E-state index contributed by atoms with van der Waals surface area (Å²) in [6, 6.07) is 11.2. The highest BCUT2D eigenvalue weighted by atomic mass is 19.4. The molecule has 0 atom stereocenters. The van der Waals surface area contributed by atoms with Crippen LogP contribution in [0.5, 0.6) is 0 Å². The Morgan fingerprint density at radius 3 is 2.61 bits per heavy atom. The standard InChI is InChI=1S/C27H20F3N7O/c1-17-6-7-19(26(38)35-21-5-3-4-20(13-21)27(28,29)30)12-18(17)8-9-23-15-31-25-24(10-11-32-37(23)25)34-22-14-33-36(2)16-22/h3-7,10-16,34H,1-2H3,(H,35,38). The van der Waals surface area contributed by atoms with Crippen LogP contribution in [0.1, 0.15) is 32.7 Å². The van der Waals surface area contributed by atoms with Gasteiger partial charge in [-0.25, -0.2) is 9.50 Å². The molecular weight excluding hydrogens is 495 g/mol. The maximum absolute atomic E-state index is 13.0. The molecule has 3 aromatic heterocycles. The minimum atomic E-state index is -4.50. The number of fused-ring (bicyclic) bond motifs is 1. The zero-order valence-electron chi connectivity index (χ0n) is 20.2. The average molecular weight is 515 g/mol. The van der Waals surface area contributed by atoms with Crippen molar-refractivity contribution in [3.05, 3.63) is 101 Å². The van der Waals surface area contributed by atoms with Gasteiger partial charge in [0.2, 0.25) is 0 Å². The van der Waals surface area contributed by atoms with Crippen LogP contribution in [0.15, 0.2) is 73.3 Å². The molecule has 0 aliphatic carbocycles. The zero-order chi connectivity index (χ0) is 26.9. The molecule has 0 saturated carbocycles. The summed E-state index contributed by atoms with van der Waals surface area (Å²) >= 11 is 0. The van der Waals surface area contributed by atoms with Crippen LogP contribution in [0.25, 0.3) is 5.65 Å². The fourth-order valence-electron chi connectivity index (χ4n) is 3.73. The molecule has 0 aliphatic rings. The molecule has 0 saturated heterocycles. The van der Waals surface area contributed by atoms with E-state index in [0.717, 1.165) is 29.1 Å². The first-order chi connectivity index (χ1) is 18.2. The van der Waals surface area contributed by atoms with E-state index < -0.39 is 17.6 Å². The summed E-state index contributed by atoms with van der Waals surface area (Å²) < 4.78 is 42.3. The summed E-state index contributed by atoms with van der Waals surface area (Å²) in [5, 5.41) is 14.3. The number of nitrogens with one attached hydrogen (secondary N) is 2. The van der Waals surface area contributed by atoms with Gasteiger partial charge in [0.1, 0.15) is 5.69 Å². The van der Waals surface area contributed by atoms with Gasteiger partial charge in [-0.2, -0.15) is 23.4 Å². The fraction of sp³-hybridized carbons (Fsp3) is 0.111. The van der Waals surface area contributed by atoms with Gasteiger partial charge >= 0.3 is 6.18 Å². The SMILES string of the molecule is Cc1ccc(C(=O)Nc2cccc(C(F)(F)F)c2)cc1C#Cc1cnc2c(Nc3cnn(C)c3)ccnn12. The smallest absolute Gasteiger partial charge is 0.350 e. The first-order valence-electron chi connectivity index (χ1n) is 11.4. The Labute approximate surface area is 215 Å². The number of imidazole rings is 1. The number of carbonyl (C=O) groups is 1. The molecule has 2 aromatic carbocycles. The van der Waals surface area contributed by atoms with Crippen molar-refractivity contribution in [3.8, 4) is 11.8 Å². The number of nitrogens with zero attached hydrogens (tertiary/aromatic N) is 5. The third-order valence-corrected chi connectivity index (χ3v) is 5.66. The summed E-state index contributed by atoms with van der Waals surface area (Å²) in [5.41, 5.74) is 3.51. The lowest BCUT2D eigenvalue weighted by molar-refractivity contribution is -0.137. The predicted octanol–water partition coefficient (Wildman–Crippen LogP) is 5.19. The highest BCUT2D eigenvalue weighted by molar-refractivity contribution is 6.04. The number of amides is 1. The number of aromatic nitrogens is 5. The lowest BCUT2D eigenvalue weighted by Crippen LogP contribution is -2.13. The van der Waals surface area contributed by atoms with Crippen molar-refractivity contribution >= 4 is 28.6 Å². The van der Waals surface area contributed by atoms with E-state index in [2.05, 4.69) is 37.7 Å². The number of hydrogen-bond acceptors (Lipinski definition) is 5. The Hall–Kier alpha value is -5.11. The van der Waals surface area contributed by atoms with Gasteiger partial charge in [-0.05, 0) is 54.8 Å². The van der Waals surface area contributed by atoms with Crippen LogP contribution in [-0.4, -0.2) is 30.3 Å². The largest absolute Gasteiger partial charge is 0.416 e. The average Bonchev–Trinajstić information content (AvgIpc) is 3.49. The lowest BCUT2D eigenvalue weighted by Gasteiger charge is -2.10. The molecule has 1 amide bonds. The van der Waals surface area contributed by atoms with Crippen LogP contribution in [0.4, 0.5) is 30.2 Å². The highest BCUT2D eigenvalue weighted by Gasteiger charge is 2.30. The van der Waals surface area contributed by atoms with Crippen LogP contribution in [-0.2, 0) is 13.2 Å². The van der Waals surface area contributed by atoms with Gasteiger partial charge in [-0.1, -0.05) is 18.1 Å². The van der Waals surface area contributed by atoms with E-state index in [9.17, 15) is 18.0 Å². The van der Waals surface area contributed by atoms with Crippen LogP contribution in [0.3, 0.4) is 0 Å². The molecule has 190 valence electrons. The van der Waals surface area contributed by atoms with Crippen molar-refractivity contribution in [1.29, 1.82) is 0 Å². The van der Waals surface area contributed by atoms with Crippen molar-refractivity contribution in [2.75, 3.05) is 10.6 Å². The molecule has 0 spiro atoms. The monoisotopic (exact) mass is 515 g/mol.